The van der Waals surface area contributed by atoms with Crippen molar-refractivity contribution in [3.8, 4) is 5.75 Å². The molecule has 98 valence electrons. The van der Waals surface area contributed by atoms with Gasteiger partial charge in [0.1, 0.15) is 0 Å². The van der Waals surface area contributed by atoms with Gasteiger partial charge >= 0.3 is 5.69 Å². The van der Waals surface area contributed by atoms with Crippen molar-refractivity contribution in [3.63, 3.8) is 0 Å². The van der Waals surface area contributed by atoms with Crippen LogP contribution in [-0.4, -0.2) is 22.6 Å². The number of ether oxygens (including phenoxy) is 1. The topological polar surface area (TPSA) is 111 Å². The number of oxime groups is 1. The minimum absolute atomic E-state index is 0.170. The van der Waals surface area contributed by atoms with Crippen LogP contribution in [0.25, 0.3) is 0 Å². The number of hydrogen-bond donors (Lipinski definition) is 2. The zero-order chi connectivity index (χ0) is 13.7. The van der Waals surface area contributed by atoms with Gasteiger partial charge in [-0.15, -0.1) is 0 Å². The molecule has 1 aromatic rings. The fourth-order valence-corrected chi connectivity index (χ4v) is 1.26. The molecule has 0 amide bonds. The molecule has 0 saturated carbocycles. The SMILES string of the molecule is CC(C)COc1ccc(C(N)=NO)cc1[N+](=O)[O-]. The summed E-state index contributed by atoms with van der Waals surface area (Å²) in [5.41, 5.74) is 5.43. The second kappa shape index (κ2) is 5.85. The first kappa shape index (κ1) is 13.8. The first-order chi connectivity index (χ1) is 8.45. The molecule has 0 aliphatic heterocycles. The van der Waals surface area contributed by atoms with Gasteiger partial charge in [-0.3, -0.25) is 10.1 Å². The molecule has 7 nitrogen and oxygen atoms in total. The fourth-order valence-electron chi connectivity index (χ4n) is 1.26. The van der Waals surface area contributed by atoms with Crippen LogP contribution >= 0.6 is 0 Å². The molecule has 0 unspecified atom stereocenters. The molecule has 0 spiro atoms. The molecule has 0 aromatic heterocycles. The van der Waals surface area contributed by atoms with Crippen LogP contribution in [-0.2, 0) is 0 Å². The standard InChI is InChI=1S/C11H15N3O4/c1-7(2)6-18-10-4-3-8(11(12)13-15)5-9(10)14(16)17/h3-5,7,15H,6H2,1-2H3,(H2,12,13). The molecular weight excluding hydrogens is 238 g/mol. The Morgan fingerprint density at radius 1 is 1.61 bits per heavy atom. The first-order valence-corrected chi connectivity index (χ1v) is 5.34. The number of nitro benzene ring substituents is 1. The number of benzene rings is 1. The van der Waals surface area contributed by atoms with E-state index >= 15 is 0 Å². The van der Waals surface area contributed by atoms with E-state index in [1.54, 1.807) is 0 Å². The van der Waals surface area contributed by atoms with E-state index in [4.69, 9.17) is 15.7 Å². The van der Waals surface area contributed by atoms with Gasteiger partial charge in [0.05, 0.1) is 11.5 Å². The summed E-state index contributed by atoms with van der Waals surface area (Å²) < 4.78 is 5.34. The normalized spacial score (nSPS) is 11.6. The van der Waals surface area contributed by atoms with Crippen molar-refractivity contribution in [2.45, 2.75) is 13.8 Å². The van der Waals surface area contributed by atoms with Crippen LogP contribution in [0.2, 0.25) is 0 Å². The smallest absolute Gasteiger partial charge is 0.311 e. The zero-order valence-electron chi connectivity index (χ0n) is 10.2. The van der Waals surface area contributed by atoms with Crippen LogP contribution < -0.4 is 10.5 Å². The van der Waals surface area contributed by atoms with Crippen molar-refractivity contribution in [3.05, 3.63) is 33.9 Å². The first-order valence-electron chi connectivity index (χ1n) is 5.34. The third-order valence-electron chi connectivity index (χ3n) is 2.13. The maximum Gasteiger partial charge on any atom is 0.311 e. The summed E-state index contributed by atoms with van der Waals surface area (Å²) in [5.74, 6) is 0.241. The quantitative estimate of drug-likeness (QED) is 0.273. The summed E-state index contributed by atoms with van der Waals surface area (Å²) in [6.45, 7) is 4.26. The molecule has 0 aliphatic carbocycles. The van der Waals surface area contributed by atoms with Crippen LogP contribution in [0.1, 0.15) is 19.4 Å². The Morgan fingerprint density at radius 3 is 2.78 bits per heavy atom. The number of nitrogens with zero attached hydrogens (tertiary/aromatic N) is 2. The predicted molar refractivity (Wildman–Crippen MR) is 65.9 cm³/mol. The number of amidine groups is 1. The van der Waals surface area contributed by atoms with E-state index < -0.39 is 4.92 Å². The Hall–Kier alpha value is -2.31. The van der Waals surface area contributed by atoms with Gasteiger partial charge in [-0.25, -0.2) is 0 Å². The van der Waals surface area contributed by atoms with E-state index in [9.17, 15) is 10.1 Å². The largest absolute Gasteiger partial charge is 0.487 e. The van der Waals surface area contributed by atoms with E-state index in [-0.39, 0.29) is 28.8 Å². The van der Waals surface area contributed by atoms with Gasteiger partial charge < -0.3 is 15.7 Å². The van der Waals surface area contributed by atoms with Crippen LogP contribution in [0.5, 0.6) is 5.75 Å². The summed E-state index contributed by atoms with van der Waals surface area (Å²) in [6, 6.07) is 4.15. The van der Waals surface area contributed by atoms with Gasteiger partial charge in [0.25, 0.3) is 0 Å². The molecule has 0 saturated heterocycles. The van der Waals surface area contributed by atoms with Gasteiger partial charge in [-0.2, -0.15) is 0 Å². The highest BCUT2D eigenvalue weighted by Crippen LogP contribution is 2.28. The Balaban J connectivity index is 3.09. The van der Waals surface area contributed by atoms with Gasteiger partial charge in [-0.1, -0.05) is 19.0 Å². The number of hydrogen-bond acceptors (Lipinski definition) is 5. The Kier molecular flexibility index (Phi) is 4.47. The summed E-state index contributed by atoms with van der Waals surface area (Å²) in [4.78, 5) is 10.3. The Bertz CT molecular complexity index is 471. The van der Waals surface area contributed by atoms with Crippen molar-refractivity contribution in [2.75, 3.05) is 6.61 Å². The van der Waals surface area contributed by atoms with Gasteiger partial charge in [0, 0.05) is 11.6 Å². The Morgan fingerprint density at radius 2 is 2.28 bits per heavy atom. The third kappa shape index (κ3) is 3.34. The molecule has 0 fully saturated rings. The zero-order valence-corrected chi connectivity index (χ0v) is 10.2. The molecular formula is C11H15N3O4. The minimum Gasteiger partial charge on any atom is -0.487 e. The molecule has 0 radical (unpaired) electrons. The molecule has 18 heavy (non-hydrogen) atoms. The lowest BCUT2D eigenvalue weighted by atomic mass is 10.1. The lowest BCUT2D eigenvalue weighted by Gasteiger charge is -2.09. The van der Waals surface area contributed by atoms with E-state index in [0.717, 1.165) is 0 Å². The monoisotopic (exact) mass is 253 g/mol. The maximum atomic E-state index is 10.9. The number of nitro groups is 1. The van der Waals surface area contributed by atoms with Crippen molar-refractivity contribution >= 4 is 11.5 Å². The maximum absolute atomic E-state index is 10.9. The molecule has 1 rings (SSSR count). The van der Waals surface area contributed by atoms with E-state index in [0.29, 0.717) is 6.61 Å². The van der Waals surface area contributed by atoms with Gasteiger partial charge in [0.15, 0.2) is 11.6 Å². The van der Waals surface area contributed by atoms with Crippen molar-refractivity contribution in [1.82, 2.24) is 0 Å². The van der Waals surface area contributed by atoms with Crippen molar-refractivity contribution in [2.24, 2.45) is 16.8 Å². The molecule has 0 bridgehead atoms. The highest BCUT2D eigenvalue weighted by atomic mass is 16.6. The average molecular weight is 253 g/mol. The van der Waals surface area contributed by atoms with E-state index in [1.165, 1.54) is 18.2 Å². The highest BCUT2D eigenvalue weighted by molar-refractivity contribution is 5.97. The minimum atomic E-state index is -0.566. The number of rotatable bonds is 5. The average Bonchev–Trinajstić information content (AvgIpc) is 2.34. The highest BCUT2D eigenvalue weighted by Gasteiger charge is 2.17. The number of nitrogens with two attached hydrogens (primary N) is 1. The third-order valence-corrected chi connectivity index (χ3v) is 2.13. The molecule has 7 heteroatoms. The van der Waals surface area contributed by atoms with Crippen LogP contribution in [0.15, 0.2) is 23.4 Å². The Labute approximate surface area is 104 Å². The summed E-state index contributed by atoms with van der Waals surface area (Å²) >= 11 is 0. The molecule has 0 heterocycles. The molecule has 1 aromatic carbocycles. The summed E-state index contributed by atoms with van der Waals surface area (Å²) in [5, 5.41) is 22.2. The van der Waals surface area contributed by atoms with Crippen LogP contribution in [0.3, 0.4) is 0 Å². The van der Waals surface area contributed by atoms with Crippen LogP contribution in [0, 0.1) is 16.0 Å². The van der Waals surface area contributed by atoms with Gasteiger partial charge in [-0.05, 0) is 18.1 Å². The summed E-state index contributed by atoms with van der Waals surface area (Å²) in [7, 11) is 0. The second-order valence-corrected chi connectivity index (χ2v) is 4.13. The molecule has 0 atom stereocenters. The molecule has 3 N–H and O–H groups in total. The van der Waals surface area contributed by atoms with Crippen molar-refractivity contribution < 1.29 is 14.9 Å². The molecule has 0 aliphatic rings. The lowest BCUT2D eigenvalue weighted by Crippen LogP contribution is -2.14. The van der Waals surface area contributed by atoms with E-state index in [1.807, 2.05) is 13.8 Å². The fraction of sp³-hybridized carbons (Fsp3) is 0.364. The van der Waals surface area contributed by atoms with Gasteiger partial charge in [0.2, 0.25) is 0 Å². The van der Waals surface area contributed by atoms with E-state index in [2.05, 4.69) is 5.16 Å². The second-order valence-electron chi connectivity index (χ2n) is 4.13. The van der Waals surface area contributed by atoms with Crippen LogP contribution in [0.4, 0.5) is 5.69 Å². The lowest BCUT2D eigenvalue weighted by molar-refractivity contribution is -0.385. The van der Waals surface area contributed by atoms with Crippen molar-refractivity contribution in [1.29, 1.82) is 0 Å². The summed E-state index contributed by atoms with van der Waals surface area (Å²) in [6.07, 6.45) is 0. The predicted octanol–water partition coefficient (Wildman–Crippen LogP) is 1.72.